The van der Waals surface area contributed by atoms with Crippen molar-refractivity contribution in [2.75, 3.05) is 26.8 Å². The van der Waals surface area contributed by atoms with E-state index >= 15 is 0 Å². The second-order valence-electron chi connectivity index (χ2n) is 3.87. The van der Waals surface area contributed by atoms with Gasteiger partial charge < -0.3 is 20.9 Å². The van der Waals surface area contributed by atoms with E-state index < -0.39 is 0 Å². The van der Waals surface area contributed by atoms with Crippen molar-refractivity contribution in [1.82, 2.24) is 5.32 Å². The lowest BCUT2D eigenvalue weighted by Crippen LogP contribution is -2.37. The van der Waals surface area contributed by atoms with Gasteiger partial charge in [0.05, 0.1) is 18.2 Å². The number of nitrogens with one attached hydrogen (secondary N) is 1. The lowest BCUT2D eigenvalue weighted by Gasteiger charge is -2.10. The second kappa shape index (κ2) is 7.66. The van der Waals surface area contributed by atoms with Crippen LogP contribution in [0.3, 0.4) is 0 Å². The zero-order valence-electron chi connectivity index (χ0n) is 9.95. The molecule has 0 fully saturated rings. The van der Waals surface area contributed by atoms with Crippen LogP contribution in [0.2, 0.25) is 0 Å². The maximum atomic E-state index is 8.76. The van der Waals surface area contributed by atoms with Gasteiger partial charge in [-0.3, -0.25) is 0 Å². The maximum Gasteiger partial charge on any atom is 0.133 e. The summed E-state index contributed by atoms with van der Waals surface area (Å²) in [4.78, 5) is 0. The van der Waals surface area contributed by atoms with Crippen molar-refractivity contribution in [2.24, 2.45) is 5.73 Å². The number of methoxy groups -OCH3 is 1. The van der Waals surface area contributed by atoms with Crippen LogP contribution in [0.15, 0.2) is 22.7 Å². The van der Waals surface area contributed by atoms with E-state index in [-0.39, 0.29) is 12.6 Å². The molecule has 0 bridgehead atoms. The largest absolute Gasteiger partial charge is 0.496 e. The van der Waals surface area contributed by atoms with Crippen LogP contribution in [0.5, 0.6) is 5.75 Å². The Labute approximate surface area is 110 Å². The molecular weight excluding hydrogens is 284 g/mol. The minimum absolute atomic E-state index is 0.0150. The Kier molecular flexibility index (Phi) is 6.50. The molecule has 1 rings (SSSR count). The fraction of sp³-hybridized carbons (Fsp3) is 0.500. The van der Waals surface area contributed by atoms with Gasteiger partial charge in [0, 0.05) is 12.6 Å². The molecule has 4 nitrogen and oxygen atoms in total. The molecular formula is C12H19BrN2O2. The first kappa shape index (κ1) is 14.4. The molecule has 1 atom stereocenters. The van der Waals surface area contributed by atoms with Crippen molar-refractivity contribution in [2.45, 2.75) is 12.5 Å². The molecule has 17 heavy (non-hydrogen) atoms. The van der Waals surface area contributed by atoms with Crippen LogP contribution in [0, 0.1) is 0 Å². The molecule has 0 heterocycles. The van der Waals surface area contributed by atoms with Gasteiger partial charge in [0.15, 0.2) is 0 Å². The number of hydrogen-bond donors (Lipinski definition) is 3. The quantitative estimate of drug-likeness (QED) is 0.655. The van der Waals surface area contributed by atoms with E-state index in [1.165, 1.54) is 5.56 Å². The number of ether oxygens (including phenoxy) is 1. The van der Waals surface area contributed by atoms with Gasteiger partial charge in [0.2, 0.25) is 0 Å². The normalized spacial score (nSPS) is 12.5. The molecule has 0 aliphatic carbocycles. The predicted molar refractivity (Wildman–Crippen MR) is 72.3 cm³/mol. The van der Waals surface area contributed by atoms with Crippen LogP contribution in [-0.4, -0.2) is 38.0 Å². The van der Waals surface area contributed by atoms with Gasteiger partial charge in [0.25, 0.3) is 0 Å². The molecule has 0 aromatic heterocycles. The van der Waals surface area contributed by atoms with Crippen LogP contribution in [0.1, 0.15) is 5.56 Å². The maximum absolute atomic E-state index is 8.76. The van der Waals surface area contributed by atoms with Gasteiger partial charge >= 0.3 is 0 Å². The van der Waals surface area contributed by atoms with Crippen molar-refractivity contribution >= 4 is 15.9 Å². The molecule has 0 aliphatic rings. The van der Waals surface area contributed by atoms with E-state index in [9.17, 15) is 0 Å². The molecule has 96 valence electrons. The lowest BCUT2D eigenvalue weighted by molar-refractivity contribution is 0.262. The number of hydrogen-bond acceptors (Lipinski definition) is 4. The minimum Gasteiger partial charge on any atom is -0.496 e. The smallest absolute Gasteiger partial charge is 0.133 e. The van der Waals surface area contributed by atoms with Crippen molar-refractivity contribution in [1.29, 1.82) is 0 Å². The summed E-state index contributed by atoms with van der Waals surface area (Å²) in [5, 5.41) is 12.0. The molecule has 0 saturated heterocycles. The highest BCUT2D eigenvalue weighted by molar-refractivity contribution is 9.10. The van der Waals surface area contributed by atoms with Crippen LogP contribution < -0.4 is 15.8 Å². The van der Waals surface area contributed by atoms with E-state index in [4.69, 9.17) is 15.6 Å². The summed E-state index contributed by atoms with van der Waals surface area (Å²) in [5.41, 5.74) is 6.80. The molecule has 0 radical (unpaired) electrons. The van der Waals surface area contributed by atoms with E-state index in [0.717, 1.165) is 23.2 Å². The van der Waals surface area contributed by atoms with Crippen molar-refractivity contribution in [3.8, 4) is 5.75 Å². The standard InChI is InChI=1S/C12H19BrN2O2/c1-17-12-3-2-9(6-11(12)13)4-5-15-7-10(14)8-16/h2-3,6,10,15-16H,4-5,7-8,14H2,1H3. The Morgan fingerprint density at radius 1 is 1.53 bits per heavy atom. The van der Waals surface area contributed by atoms with Crippen molar-refractivity contribution in [3.63, 3.8) is 0 Å². The Balaban J connectivity index is 2.34. The predicted octanol–water partition coefficient (Wildman–Crippen LogP) is 0.909. The summed E-state index contributed by atoms with van der Waals surface area (Å²) in [6, 6.07) is 5.85. The average molecular weight is 303 g/mol. The molecule has 0 aliphatic heterocycles. The molecule has 0 saturated carbocycles. The van der Waals surface area contributed by atoms with Gasteiger partial charge in [0.1, 0.15) is 5.75 Å². The van der Waals surface area contributed by atoms with Gasteiger partial charge in [-0.25, -0.2) is 0 Å². The molecule has 0 spiro atoms. The number of aliphatic hydroxyl groups excluding tert-OH is 1. The first-order valence-corrected chi connectivity index (χ1v) is 6.36. The van der Waals surface area contributed by atoms with Gasteiger partial charge in [-0.05, 0) is 46.6 Å². The molecule has 5 heteroatoms. The number of aliphatic hydroxyl groups is 1. The Bertz CT molecular complexity index is 347. The Hall–Kier alpha value is -0.620. The summed E-state index contributed by atoms with van der Waals surface area (Å²) >= 11 is 3.45. The van der Waals surface area contributed by atoms with Crippen molar-refractivity contribution < 1.29 is 9.84 Å². The lowest BCUT2D eigenvalue weighted by atomic mass is 10.1. The van der Waals surface area contributed by atoms with E-state index in [0.29, 0.717) is 6.54 Å². The Morgan fingerprint density at radius 3 is 2.88 bits per heavy atom. The van der Waals surface area contributed by atoms with Gasteiger partial charge in [-0.2, -0.15) is 0 Å². The fourth-order valence-electron chi connectivity index (χ4n) is 1.45. The SMILES string of the molecule is COc1ccc(CCNCC(N)CO)cc1Br. The summed E-state index contributed by atoms with van der Waals surface area (Å²) in [7, 11) is 1.65. The highest BCUT2D eigenvalue weighted by Crippen LogP contribution is 2.25. The number of halogens is 1. The molecule has 1 aromatic carbocycles. The van der Waals surface area contributed by atoms with E-state index in [1.807, 2.05) is 18.2 Å². The average Bonchev–Trinajstić information content (AvgIpc) is 2.34. The molecule has 0 amide bonds. The first-order chi connectivity index (χ1) is 8.17. The Morgan fingerprint density at radius 2 is 2.29 bits per heavy atom. The summed E-state index contributed by atoms with van der Waals surface area (Å²) in [5.74, 6) is 0.837. The van der Waals surface area contributed by atoms with Gasteiger partial charge in [-0.15, -0.1) is 0 Å². The van der Waals surface area contributed by atoms with Crippen molar-refractivity contribution in [3.05, 3.63) is 28.2 Å². The van der Waals surface area contributed by atoms with Crippen LogP contribution in [-0.2, 0) is 6.42 Å². The summed E-state index contributed by atoms with van der Waals surface area (Å²) < 4.78 is 6.13. The third-order valence-electron chi connectivity index (χ3n) is 2.45. The van der Waals surface area contributed by atoms with E-state index in [2.05, 4.69) is 21.2 Å². The number of nitrogens with two attached hydrogens (primary N) is 1. The number of rotatable bonds is 7. The molecule has 1 unspecified atom stereocenters. The number of benzene rings is 1. The monoisotopic (exact) mass is 302 g/mol. The van der Waals surface area contributed by atoms with Crippen LogP contribution in [0.25, 0.3) is 0 Å². The molecule has 4 N–H and O–H groups in total. The zero-order valence-corrected chi connectivity index (χ0v) is 11.5. The third kappa shape index (κ3) is 5.04. The first-order valence-electron chi connectivity index (χ1n) is 5.57. The van der Waals surface area contributed by atoms with Gasteiger partial charge in [-0.1, -0.05) is 6.07 Å². The summed E-state index contributed by atoms with van der Waals surface area (Å²) in [6.07, 6.45) is 0.917. The van der Waals surface area contributed by atoms with Crippen LogP contribution >= 0.6 is 15.9 Å². The highest BCUT2D eigenvalue weighted by atomic mass is 79.9. The topological polar surface area (TPSA) is 67.5 Å². The van der Waals surface area contributed by atoms with E-state index in [1.54, 1.807) is 7.11 Å². The second-order valence-corrected chi connectivity index (χ2v) is 4.72. The van der Waals surface area contributed by atoms with Crippen LogP contribution in [0.4, 0.5) is 0 Å². The molecule has 1 aromatic rings. The fourth-order valence-corrected chi connectivity index (χ4v) is 2.04. The highest BCUT2D eigenvalue weighted by Gasteiger charge is 2.02. The third-order valence-corrected chi connectivity index (χ3v) is 3.07. The minimum atomic E-state index is -0.183. The summed E-state index contributed by atoms with van der Waals surface area (Å²) in [6.45, 7) is 1.49. The zero-order chi connectivity index (χ0) is 12.7.